The van der Waals surface area contributed by atoms with Gasteiger partial charge in [-0.05, 0) is 18.6 Å². The van der Waals surface area contributed by atoms with Crippen LogP contribution in [0.1, 0.15) is 17.5 Å². The SMILES string of the molecule is Cc1cnn(CCC(=O)Nc2cnn(Cc3ccccc3F)c2)c1. The maximum Gasteiger partial charge on any atom is 0.226 e. The lowest BCUT2D eigenvalue weighted by molar-refractivity contribution is -0.116. The van der Waals surface area contributed by atoms with E-state index in [4.69, 9.17) is 0 Å². The maximum atomic E-state index is 13.6. The average molecular weight is 327 g/mol. The van der Waals surface area contributed by atoms with E-state index >= 15 is 0 Å². The molecule has 2 heterocycles. The summed E-state index contributed by atoms with van der Waals surface area (Å²) in [6, 6.07) is 6.55. The van der Waals surface area contributed by atoms with Gasteiger partial charge < -0.3 is 5.32 Å². The van der Waals surface area contributed by atoms with E-state index in [2.05, 4.69) is 15.5 Å². The molecule has 3 rings (SSSR count). The molecule has 2 aromatic heterocycles. The number of hydrogen-bond acceptors (Lipinski definition) is 3. The Morgan fingerprint density at radius 2 is 1.96 bits per heavy atom. The fourth-order valence-electron chi connectivity index (χ4n) is 2.34. The van der Waals surface area contributed by atoms with Gasteiger partial charge in [0.2, 0.25) is 5.91 Å². The quantitative estimate of drug-likeness (QED) is 0.757. The summed E-state index contributed by atoms with van der Waals surface area (Å²) in [5.74, 6) is -0.387. The second kappa shape index (κ2) is 7.08. The molecule has 0 bridgehead atoms. The van der Waals surface area contributed by atoms with Crippen molar-refractivity contribution in [2.45, 2.75) is 26.4 Å². The van der Waals surface area contributed by atoms with Crippen LogP contribution in [-0.4, -0.2) is 25.5 Å². The Kier molecular flexibility index (Phi) is 4.69. The van der Waals surface area contributed by atoms with Crippen LogP contribution < -0.4 is 5.32 Å². The number of rotatable bonds is 6. The lowest BCUT2D eigenvalue weighted by Crippen LogP contribution is -2.14. The van der Waals surface area contributed by atoms with Crippen LogP contribution in [0.25, 0.3) is 0 Å². The molecule has 7 heteroatoms. The molecule has 0 unspecified atom stereocenters. The van der Waals surface area contributed by atoms with Gasteiger partial charge in [-0.3, -0.25) is 14.2 Å². The van der Waals surface area contributed by atoms with Crippen LogP contribution in [-0.2, 0) is 17.9 Å². The van der Waals surface area contributed by atoms with Crippen molar-refractivity contribution in [3.05, 3.63) is 66.0 Å². The standard InChI is InChI=1S/C17H18FN5O/c1-13-8-19-22(10-13)7-6-17(24)21-15-9-20-23(12-15)11-14-4-2-3-5-16(14)18/h2-5,8-10,12H,6-7,11H2,1H3,(H,21,24). The number of nitrogens with one attached hydrogen (secondary N) is 1. The zero-order chi connectivity index (χ0) is 16.9. The van der Waals surface area contributed by atoms with Crippen molar-refractivity contribution in [1.29, 1.82) is 0 Å². The molecule has 1 aromatic carbocycles. The van der Waals surface area contributed by atoms with Crippen LogP contribution in [0, 0.1) is 12.7 Å². The van der Waals surface area contributed by atoms with Crippen LogP contribution in [0.2, 0.25) is 0 Å². The summed E-state index contributed by atoms with van der Waals surface area (Å²) in [6.45, 7) is 2.78. The first-order valence-electron chi connectivity index (χ1n) is 7.65. The minimum Gasteiger partial charge on any atom is -0.323 e. The number of nitrogens with zero attached hydrogens (tertiary/aromatic N) is 4. The Labute approximate surface area is 138 Å². The summed E-state index contributed by atoms with van der Waals surface area (Å²) in [6.07, 6.45) is 7.20. The van der Waals surface area contributed by atoms with E-state index in [0.717, 1.165) is 5.56 Å². The largest absolute Gasteiger partial charge is 0.323 e. The Hall–Kier alpha value is -2.96. The van der Waals surface area contributed by atoms with Gasteiger partial charge in [0.25, 0.3) is 0 Å². The first-order valence-corrected chi connectivity index (χ1v) is 7.65. The Morgan fingerprint density at radius 1 is 1.17 bits per heavy atom. The number of aryl methyl sites for hydroxylation is 2. The summed E-state index contributed by atoms with van der Waals surface area (Å²) >= 11 is 0. The molecule has 0 aliphatic rings. The topological polar surface area (TPSA) is 64.7 Å². The number of carbonyl (C=O) groups excluding carboxylic acids is 1. The van der Waals surface area contributed by atoms with Crippen LogP contribution >= 0.6 is 0 Å². The second-order valence-electron chi connectivity index (χ2n) is 5.60. The molecule has 0 atom stereocenters. The van der Waals surface area contributed by atoms with Crippen molar-refractivity contribution in [2.75, 3.05) is 5.32 Å². The van der Waals surface area contributed by atoms with E-state index in [1.807, 2.05) is 13.1 Å². The summed E-state index contributed by atoms with van der Waals surface area (Å²) in [5.41, 5.74) is 2.20. The normalized spacial score (nSPS) is 10.8. The molecule has 24 heavy (non-hydrogen) atoms. The lowest BCUT2D eigenvalue weighted by atomic mass is 10.2. The lowest BCUT2D eigenvalue weighted by Gasteiger charge is -2.04. The monoisotopic (exact) mass is 327 g/mol. The van der Waals surface area contributed by atoms with Crippen molar-refractivity contribution in [1.82, 2.24) is 19.6 Å². The van der Waals surface area contributed by atoms with Gasteiger partial charge >= 0.3 is 0 Å². The molecule has 124 valence electrons. The molecule has 0 spiro atoms. The van der Waals surface area contributed by atoms with E-state index in [9.17, 15) is 9.18 Å². The van der Waals surface area contributed by atoms with Gasteiger partial charge in [-0.25, -0.2) is 4.39 Å². The minimum absolute atomic E-state index is 0.117. The van der Waals surface area contributed by atoms with Crippen molar-refractivity contribution >= 4 is 11.6 Å². The molecule has 3 aromatic rings. The fourth-order valence-corrected chi connectivity index (χ4v) is 2.34. The van der Waals surface area contributed by atoms with Gasteiger partial charge in [-0.1, -0.05) is 18.2 Å². The van der Waals surface area contributed by atoms with E-state index in [-0.39, 0.29) is 11.7 Å². The second-order valence-corrected chi connectivity index (χ2v) is 5.60. The highest BCUT2D eigenvalue weighted by Crippen LogP contribution is 2.11. The number of halogens is 1. The van der Waals surface area contributed by atoms with Gasteiger partial charge in [0.15, 0.2) is 0 Å². The highest BCUT2D eigenvalue weighted by Gasteiger charge is 2.07. The van der Waals surface area contributed by atoms with Crippen LogP contribution in [0.4, 0.5) is 10.1 Å². The van der Waals surface area contributed by atoms with E-state index in [1.165, 1.54) is 6.07 Å². The van der Waals surface area contributed by atoms with Crippen LogP contribution in [0.15, 0.2) is 49.1 Å². The van der Waals surface area contributed by atoms with Gasteiger partial charge in [-0.15, -0.1) is 0 Å². The van der Waals surface area contributed by atoms with Crippen molar-refractivity contribution in [3.63, 3.8) is 0 Å². The summed E-state index contributed by atoms with van der Waals surface area (Å²) in [7, 11) is 0. The zero-order valence-corrected chi connectivity index (χ0v) is 13.3. The molecule has 1 N–H and O–H groups in total. The molecule has 0 saturated heterocycles. The third-order valence-corrected chi connectivity index (χ3v) is 3.54. The Morgan fingerprint density at radius 3 is 2.71 bits per heavy atom. The number of hydrogen-bond donors (Lipinski definition) is 1. The van der Waals surface area contributed by atoms with Gasteiger partial charge in [0, 0.05) is 30.9 Å². The van der Waals surface area contributed by atoms with E-state index in [1.54, 1.807) is 46.2 Å². The predicted molar refractivity (Wildman–Crippen MR) is 87.9 cm³/mol. The zero-order valence-electron chi connectivity index (χ0n) is 13.3. The molecule has 1 amide bonds. The minimum atomic E-state index is -0.270. The Bertz CT molecular complexity index is 839. The summed E-state index contributed by atoms with van der Waals surface area (Å²) in [4.78, 5) is 12.0. The van der Waals surface area contributed by atoms with Crippen molar-refractivity contribution < 1.29 is 9.18 Å². The van der Waals surface area contributed by atoms with Crippen LogP contribution in [0.5, 0.6) is 0 Å². The Balaban J connectivity index is 1.53. The third kappa shape index (κ3) is 4.07. The van der Waals surface area contributed by atoms with E-state index in [0.29, 0.717) is 30.8 Å². The fraction of sp³-hybridized carbons (Fsp3) is 0.235. The number of aromatic nitrogens is 4. The molecule has 0 radical (unpaired) electrons. The predicted octanol–water partition coefficient (Wildman–Crippen LogP) is 2.60. The molecule has 0 aliphatic carbocycles. The summed E-state index contributed by atoms with van der Waals surface area (Å²) in [5, 5.41) is 11.1. The number of anilines is 1. The van der Waals surface area contributed by atoms with Gasteiger partial charge in [0.1, 0.15) is 5.82 Å². The van der Waals surface area contributed by atoms with Crippen molar-refractivity contribution in [2.24, 2.45) is 0 Å². The highest BCUT2D eigenvalue weighted by atomic mass is 19.1. The van der Waals surface area contributed by atoms with Crippen LogP contribution in [0.3, 0.4) is 0 Å². The molecule has 0 aliphatic heterocycles. The molecular weight excluding hydrogens is 309 g/mol. The molecule has 6 nitrogen and oxygen atoms in total. The number of amides is 1. The molecule has 0 saturated carbocycles. The van der Waals surface area contributed by atoms with Crippen molar-refractivity contribution in [3.8, 4) is 0 Å². The average Bonchev–Trinajstić information content (AvgIpc) is 3.17. The highest BCUT2D eigenvalue weighted by molar-refractivity contribution is 5.90. The maximum absolute atomic E-state index is 13.6. The summed E-state index contributed by atoms with van der Waals surface area (Å²) < 4.78 is 17.0. The number of benzene rings is 1. The molecular formula is C17H18FN5O. The number of carbonyl (C=O) groups is 1. The first kappa shape index (κ1) is 15.9. The smallest absolute Gasteiger partial charge is 0.226 e. The van der Waals surface area contributed by atoms with Gasteiger partial charge in [0.05, 0.1) is 24.6 Å². The first-order chi connectivity index (χ1) is 11.6. The molecule has 0 fully saturated rings. The van der Waals surface area contributed by atoms with Gasteiger partial charge in [-0.2, -0.15) is 10.2 Å². The third-order valence-electron chi connectivity index (χ3n) is 3.54. The van der Waals surface area contributed by atoms with E-state index < -0.39 is 0 Å².